The van der Waals surface area contributed by atoms with Crippen LogP contribution in [0.5, 0.6) is 0 Å². The molecule has 1 aliphatic heterocycles. The van der Waals surface area contributed by atoms with E-state index in [1.807, 2.05) is 0 Å². The van der Waals surface area contributed by atoms with Crippen LogP contribution in [0, 0.1) is 0 Å². The van der Waals surface area contributed by atoms with Crippen LogP contribution in [-0.2, 0) is 17.1 Å². The third-order valence-corrected chi connectivity index (χ3v) is 5.01. The van der Waals surface area contributed by atoms with Crippen LogP contribution in [-0.4, -0.2) is 62.3 Å². The Balaban J connectivity index is 2.02. The van der Waals surface area contributed by atoms with Crippen LogP contribution in [0.1, 0.15) is 16.7 Å². The van der Waals surface area contributed by atoms with Crippen molar-refractivity contribution in [2.45, 2.75) is 42.5 Å². The van der Waals surface area contributed by atoms with Gasteiger partial charge in [-0.05, 0) is 17.5 Å². The first-order valence-corrected chi connectivity index (χ1v) is 8.77. The first kappa shape index (κ1) is 20.8. The summed E-state index contributed by atoms with van der Waals surface area (Å²) in [5.74, 6) is -7.71. The molecule has 0 aromatic heterocycles. The molecule has 0 saturated carbocycles. The van der Waals surface area contributed by atoms with Crippen LogP contribution in [0.15, 0.2) is 54.6 Å². The maximum absolute atomic E-state index is 15.4. The largest absolute Gasteiger partial charge is 0.394 e. The molecule has 1 heterocycles. The third kappa shape index (κ3) is 3.43. The standard InChI is InChI=1S/C20H22F2O6/c21-19(22,20(27)18(26)17(25)16(24)15(11-23)28-20)14-9-5-4-8-13(14)10-12-6-2-1-3-7-12/h1-9,15-18,23-27H,10-11H2/t15-,16-,17+,18-,20-/m1/s1. The van der Waals surface area contributed by atoms with Crippen molar-refractivity contribution >= 4 is 0 Å². The highest BCUT2D eigenvalue weighted by Crippen LogP contribution is 2.47. The van der Waals surface area contributed by atoms with E-state index in [-0.39, 0.29) is 12.0 Å². The number of ether oxygens (including phenoxy) is 1. The maximum Gasteiger partial charge on any atom is 0.328 e. The minimum atomic E-state index is -4.16. The molecule has 0 aliphatic carbocycles. The highest BCUT2D eigenvalue weighted by atomic mass is 19.3. The Morgan fingerprint density at radius 1 is 0.929 bits per heavy atom. The van der Waals surface area contributed by atoms with Crippen molar-refractivity contribution in [3.05, 3.63) is 71.3 Å². The molecule has 2 aromatic carbocycles. The molecule has 0 bridgehead atoms. The molecule has 8 heteroatoms. The van der Waals surface area contributed by atoms with Crippen molar-refractivity contribution < 1.29 is 39.1 Å². The lowest BCUT2D eigenvalue weighted by molar-refractivity contribution is -0.416. The quantitative estimate of drug-likeness (QED) is 0.504. The molecule has 1 saturated heterocycles. The zero-order valence-electron chi connectivity index (χ0n) is 14.8. The molecule has 1 aliphatic rings. The Morgan fingerprint density at radius 2 is 1.54 bits per heavy atom. The molecule has 0 unspecified atom stereocenters. The number of hydrogen-bond acceptors (Lipinski definition) is 6. The van der Waals surface area contributed by atoms with Crippen molar-refractivity contribution in [2.75, 3.05) is 6.61 Å². The second-order valence-corrected chi connectivity index (χ2v) is 6.86. The number of halogens is 2. The Labute approximate surface area is 160 Å². The molecule has 28 heavy (non-hydrogen) atoms. The van der Waals surface area contributed by atoms with E-state index in [9.17, 15) is 25.5 Å². The second-order valence-electron chi connectivity index (χ2n) is 6.86. The Morgan fingerprint density at radius 3 is 2.18 bits per heavy atom. The number of aliphatic hydroxyl groups excluding tert-OH is 4. The van der Waals surface area contributed by atoms with Gasteiger partial charge in [0.25, 0.3) is 5.79 Å². The fraction of sp³-hybridized carbons (Fsp3) is 0.400. The zero-order chi connectivity index (χ0) is 20.5. The lowest BCUT2D eigenvalue weighted by Crippen LogP contribution is -2.70. The van der Waals surface area contributed by atoms with Gasteiger partial charge in [0.15, 0.2) is 0 Å². The van der Waals surface area contributed by atoms with Gasteiger partial charge in [0.1, 0.15) is 24.4 Å². The van der Waals surface area contributed by atoms with Gasteiger partial charge in [0.2, 0.25) is 0 Å². The SMILES string of the molecule is OC[C@H]1O[C@@](O)(C(F)(F)c2ccccc2Cc2ccccc2)[C@H](O)[C@@H](O)[C@@H]1O. The molecule has 0 amide bonds. The first-order valence-electron chi connectivity index (χ1n) is 8.77. The number of rotatable bonds is 5. The topological polar surface area (TPSA) is 110 Å². The molecule has 152 valence electrons. The maximum atomic E-state index is 15.4. The molecule has 5 atom stereocenters. The summed E-state index contributed by atoms with van der Waals surface area (Å²) in [5, 5.41) is 49.6. The van der Waals surface area contributed by atoms with E-state index >= 15 is 8.78 Å². The molecular formula is C20H22F2O6. The van der Waals surface area contributed by atoms with Gasteiger partial charge >= 0.3 is 5.92 Å². The average Bonchev–Trinajstić information content (AvgIpc) is 2.70. The Bertz CT molecular complexity index is 800. The molecule has 3 rings (SSSR count). The number of benzene rings is 2. The zero-order valence-corrected chi connectivity index (χ0v) is 14.8. The van der Waals surface area contributed by atoms with Crippen LogP contribution in [0.3, 0.4) is 0 Å². The van der Waals surface area contributed by atoms with Crippen molar-refractivity contribution in [3.8, 4) is 0 Å². The van der Waals surface area contributed by atoms with Gasteiger partial charge < -0.3 is 30.3 Å². The van der Waals surface area contributed by atoms with Crippen molar-refractivity contribution in [3.63, 3.8) is 0 Å². The summed E-state index contributed by atoms with van der Waals surface area (Å²) in [7, 11) is 0. The first-order chi connectivity index (χ1) is 13.2. The summed E-state index contributed by atoms with van der Waals surface area (Å²) < 4.78 is 35.7. The molecular weight excluding hydrogens is 374 g/mol. The number of alkyl halides is 2. The molecule has 1 fully saturated rings. The summed E-state index contributed by atoms with van der Waals surface area (Å²) in [4.78, 5) is 0. The van der Waals surface area contributed by atoms with E-state index in [1.54, 1.807) is 36.4 Å². The number of hydrogen-bond donors (Lipinski definition) is 5. The van der Waals surface area contributed by atoms with Gasteiger partial charge in [0.05, 0.1) is 6.61 Å². The van der Waals surface area contributed by atoms with E-state index in [0.717, 1.165) is 11.6 Å². The van der Waals surface area contributed by atoms with E-state index in [2.05, 4.69) is 0 Å². The highest BCUT2D eigenvalue weighted by molar-refractivity contribution is 5.37. The summed E-state index contributed by atoms with van der Waals surface area (Å²) in [5.41, 5.74) is 0.344. The monoisotopic (exact) mass is 396 g/mol. The Hall–Kier alpha value is -1.94. The van der Waals surface area contributed by atoms with Crippen LogP contribution >= 0.6 is 0 Å². The molecule has 2 aromatic rings. The highest BCUT2D eigenvalue weighted by Gasteiger charge is 2.66. The smallest absolute Gasteiger partial charge is 0.328 e. The van der Waals surface area contributed by atoms with E-state index < -0.39 is 48.3 Å². The van der Waals surface area contributed by atoms with Crippen molar-refractivity contribution in [2.24, 2.45) is 0 Å². The summed E-state index contributed by atoms with van der Waals surface area (Å²) in [6.07, 6.45) is -8.05. The lowest BCUT2D eigenvalue weighted by Gasteiger charge is -2.48. The normalized spacial score (nSPS) is 31.0. The van der Waals surface area contributed by atoms with E-state index in [1.165, 1.54) is 12.1 Å². The van der Waals surface area contributed by atoms with Gasteiger partial charge in [-0.15, -0.1) is 0 Å². The second kappa shape index (κ2) is 7.82. The minimum Gasteiger partial charge on any atom is -0.394 e. The minimum absolute atomic E-state index is 0.132. The van der Waals surface area contributed by atoms with Crippen molar-refractivity contribution in [1.82, 2.24) is 0 Å². The Kier molecular flexibility index (Phi) is 5.81. The predicted octanol–water partition coefficient (Wildman–Crippen LogP) is 0.532. The third-order valence-electron chi connectivity index (χ3n) is 5.01. The lowest BCUT2D eigenvalue weighted by atomic mass is 9.84. The predicted molar refractivity (Wildman–Crippen MR) is 94.5 cm³/mol. The van der Waals surface area contributed by atoms with Gasteiger partial charge in [-0.3, -0.25) is 0 Å². The average molecular weight is 396 g/mol. The molecule has 0 radical (unpaired) electrons. The van der Waals surface area contributed by atoms with Gasteiger partial charge in [-0.2, -0.15) is 8.78 Å². The van der Waals surface area contributed by atoms with E-state index in [4.69, 9.17) is 4.74 Å². The van der Waals surface area contributed by atoms with Crippen molar-refractivity contribution in [1.29, 1.82) is 0 Å². The molecule has 0 spiro atoms. The van der Waals surface area contributed by atoms with Crippen LogP contribution in [0.25, 0.3) is 0 Å². The fourth-order valence-electron chi connectivity index (χ4n) is 3.40. The van der Waals surface area contributed by atoms with E-state index in [0.29, 0.717) is 0 Å². The fourth-order valence-corrected chi connectivity index (χ4v) is 3.40. The summed E-state index contributed by atoms with van der Waals surface area (Å²) in [6.45, 7) is -0.936. The van der Waals surface area contributed by atoms with Gasteiger partial charge in [0, 0.05) is 5.56 Å². The molecule has 6 nitrogen and oxygen atoms in total. The van der Waals surface area contributed by atoms with Gasteiger partial charge in [-0.25, -0.2) is 0 Å². The summed E-state index contributed by atoms with van der Waals surface area (Å²) in [6, 6.07) is 14.3. The number of aliphatic hydroxyl groups is 5. The van der Waals surface area contributed by atoms with Crippen LogP contribution in [0.2, 0.25) is 0 Å². The van der Waals surface area contributed by atoms with Crippen LogP contribution in [0.4, 0.5) is 8.78 Å². The summed E-state index contributed by atoms with van der Waals surface area (Å²) >= 11 is 0. The van der Waals surface area contributed by atoms with Gasteiger partial charge in [-0.1, -0.05) is 54.6 Å². The molecule has 5 N–H and O–H groups in total. The van der Waals surface area contributed by atoms with Crippen LogP contribution < -0.4 is 0 Å².